The largest absolute Gasteiger partial charge is 0.420 e. The number of halogens is 6. The van der Waals surface area contributed by atoms with Gasteiger partial charge in [-0.15, -0.1) is 11.3 Å². The number of esters is 1. The minimum Gasteiger partial charge on any atom is -0.420 e. The van der Waals surface area contributed by atoms with E-state index in [-0.39, 0.29) is 0 Å². The van der Waals surface area contributed by atoms with Crippen molar-refractivity contribution in [3.8, 4) is 5.75 Å². The van der Waals surface area contributed by atoms with E-state index in [1.165, 1.54) is 11.3 Å². The molecule has 2 aromatic carbocycles. The number of ether oxygens (including phenoxy) is 1. The first kappa shape index (κ1) is 17.6. The lowest BCUT2D eigenvalue weighted by molar-refractivity contribution is -0.134. The maximum Gasteiger partial charge on any atom is 0.315 e. The van der Waals surface area contributed by atoms with Crippen molar-refractivity contribution in [2.24, 2.45) is 0 Å². The molecule has 0 amide bonds. The van der Waals surface area contributed by atoms with Crippen LogP contribution in [0.5, 0.6) is 5.75 Å². The maximum absolute atomic E-state index is 13.5. The first-order chi connectivity index (χ1) is 11.8. The predicted octanol–water partition coefficient (Wildman–Crippen LogP) is 5.40. The quantitative estimate of drug-likeness (QED) is 0.196. The molecular formula is C16H6ClF5O2S. The zero-order chi connectivity index (χ0) is 18.3. The smallest absolute Gasteiger partial charge is 0.315 e. The van der Waals surface area contributed by atoms with Gasteiger partial charge in [0.05, 0.1) is 6.42 Å². The second-order valence-electron chi connectivity index (χ2n) is 4.95. The van der Waals surface area contributed by atoms with E-state index in [4.69, 9.17) is 11.6 Å². The van der Waals surface area contributed by atoms with E-state index in [9.17, 15) is 26.7 Å². The molecule has 0 aliphatic carbocycles. The minimum atomic E-state index is -2.33. The minimum absolute atomic E-state index is 0.417. The lowest BCUT2D eigenvalue weighted by Gasteiger charge is -2.08. The SMILES string of the molecule is O=C(Cc1csc2ccc(Cl)cc12)Oc1c(F)c(F)c(F)c(F)c1F. The van der Waals surface area contributed by atoms with Crippen molar-refractivity contribution in [1.82, 2.24) is 0 Å². The van der Waals surface area contributed by atoms with Crippen LogP contribution in [0.3, 0.4) is 0 Å². The zero-order valence-electron chi connectivity index (χ0n) is 12.0. The van der Waals surface area contributed by atoms with E-state index in [1.54, 1.807) is 23.6 Å². The Morgan fingerprint density at radius 3 is 2.24 bits per heavy atom. The molecule has 130 valence electrons. The summed E-state index contributed by atoms with van der Waals surface area (Å²) in [5.74, 6) is -13.9. The average Bonchev–Trinajstić information content (AvgIpc) is 2.97. The van der Waals surface area contributed by atoms with Crippen LogP contribution in [0.1, 0.15) is 5.56 Å². The summed E-state index contributed by atoms with van der Waals surface area (Å²) in [7, 11) is 0. The molecule has 0 aliphatic rings. The Morgan fingerprint density at radius 1 is 1.00 bits per heavy atom. The molecule has 0 bridgehead atoms. The van der Waals surface area contributed by atoms with Crippen LogP contribution in [0.2, 0.25) is 5.02 Å². The van der Waals surface area contributed by atoms with Crippen molar-refractivity contribution in [3.05, 3.63) is 63.3 Å². The van der Waals surface area contributed by atoms with Gasteiger partial charge in [0.15, 0.2) is 0 Å². The highest BCUT2D eigenvalue weighted by atomic mass is 35.5. The molecule has 0 fully saturated rings. The van der Waals surface area contributed by atoms with E-state index in [0.717, 1.165) is 4.70 Å². The first-order valence-corrected chi connectivity index (χ1v) is 7.93. The van der Waals surface area contributed by atoms with Gasteiger partial charge in [0.25, 0.3) is 0 Å². The van der Waals surface area contributed by atoms with Gasteiger partial charge < -0.3 is 4.74 Å². The van der Waals surface area contributed by atoms with E-state index >= 15 is 0 Å². The Kier molecular flexibility index (Phi) is 4.66. The number of benzene rings is 2. The second kappa shape index (κ2) is 6.61. The van der Waals surface area contributed by atoms with Crippen LogP contribution in [0.15, 0.2) is 23.6 Å². The fourth-order valence-electron chi connectivity index (χ4n) is 2.17. The van der Waals surface area contributed by atoms with Crippen LogP contribution in [0.4, 0.5) is 22.0 Å². The van der Waals surface area contributed by atoms with Gasteiger partial charge in [0.1, 0.15) is 0 Å². The predicted molar refractivity (Wildman–Crippen MR) is 82.4 cm³/mol. The van der Waals surface area contributed by atoms with Crippen LogP contribution in [0.25, 0.3) is 10.1 Å². The van der Waals surface area contributed by atoms with Gasteiger partial charge in [-0.1, -0.05) is 11.6 Å². The summed E-state index contributed by atoms with van der Waals surface area (Å²) >= 11 is 7.18. The van der Waals surface area contributed by atoms with Gasteiger partial charge in [-0.2, -0.15) is 8.78 Å². The summed E-state index contributed by atoms with van der Waals surface area (Å²) in [6, 6.07) is 4.97. The molecule has 0 aliphatic heterocycles. The van der Waals surface area contributed by atoms with Crippen LogP contribution in [-0.2, 0) is 11.2 Å². The number of thiophene rings is 1. The third-order valence-corrected chi connectivity index (χ3v) is 4.58. The van der Waals surface area contributed by atoms with Crippen molar-refractivity contribution in [2.45, 2.75) is 6.42 Å². The molecule has 0 unspecified atom stereocenters. The number of carbonyl (C=O) groups excluding carboxylic acids is 1. The summed E-state index contributed by atoms with van der Waals surface area (Å²) < 4.78 is 71.5. The Labute approximate surface area is 146 Å². The van der Waals surface area contributed by atoms with Gasteiger partial charge in [-0.25, -0.2) is 13.2 Å². The zero-order valence-corrected chi connectivity index (χ0v) is 13.6. The molecule has 1 heterocycles. The molecule has 0 spiro atoms. The second-order valence-corrected chi connectivity index (χ2v) is 6.30. The van der Waals surface area contributed by atoms with Crippen LogP contribution in [0, 0.1) is 29.1 Å². The highest BCUT2D eigenvalue weighted by Crippen LogP contribution is 2.31. The summed E-state index contributed by atoms with van der Waals surface area (Å²) in [5.41, 5.74) is 0.455. The van der Waals surface area contributed by atoms with Crippen LogP contribution in [-0.4, -0.2) is 5.97 Å². The number of fused-ring (bicyclic) bond motifs is 1. The molecular weight excluding hydrogens is 387 g/mol. The Hall–Kier alpha value is -2.19. The lowest BCUT2D eigenvalue weighted by Crippen LogP contribution is -2.15. The van der Waals surface area contributed by atoms with Gasteiger partial charge in [0.2, 0.25) is 34.8 Å². The van der Waals surface area contributed by atoms with Gasteiger partial charge >= 0.3 is 5.97 Å². The standard InChI is InChI=1S/C16H6ClF5O2S/c17-7-1-2-9-8(4-7)6(5-25-9)3-10(23)24-16-14(21)12(19)11(18)13(20)15(16)22/h1-2,4-5H,3H2. The number of rotatable bonds is 3. The topological polar surface area (TPSA) is 26.3 Å². The first-order valence-electron chi connectivity index (χ1n) is 6.67. The van der Waals surface area contributed by atoms with Crippen molar-refractivity contribution in [1.29, 1.82) is 0 Å². The third kappa shape index (κ3) is 3.19. The third-order valence-electron chi connectivity index (χ3n) is 3.34. The molecule has 25 heavy (non-hydrogen) atoms. The summed E-state index contributed by atoms with van der Waals surface area (Å²) in [6.45, 7) is 0. The molecule has 3 rings (SSSR count). The normalized spacial score (nSPS) is 11.1. The van der Waals surface area contributed by atoms with Gasteiger partial charge in [-0.05, 0) is 34.5 Å². The van der Waals surface area contributed by atoms with E-state index in [2.05, 4.69) is 4.74 Å². The van der Waals surface area contributed by atoms with E-state index in [0.29, 0.717) is 16.0 Å². The molecule has 0 radical (unpaired) electrons. The molecule has 0 saturated heterocycles. The number of hydrogen-bond acceptors (Lipinski definition) is 3. The van der Waals surface area contributed by atoms with Gasteiger partial charge in [0, 0.05) is 9.72 Å². The molecule has 2 nitrogen and oxygen atoms in total. The van der Waals surface area contributed by atoms with Gasteiger partial charge in [-0.3, -0.25) is 4.79 Å². The van der Waals surface area contributed by atoms with Crippen molar-refractivity contribution in [2.75, 3.05) is 0 Å². The summed E-state index contributed by atoms with van der Waals surface area (Å²) in [4.78, 5) is 11.9. The molecule has 0 atom stereocenters. The molecule has 9 heteroatoms. The lowest BCUT2D eigenvalue weighted by atomic mass is 10.1. The van der Waals surface area contributed by atoms with Crippen LogP contribution >= 0.6 is 22.9 Å². The van der Waals surface area contributed by atoms with E-state index < -0.39 is 47.2 Å². The molecule has 3 aromatic rings. The Morgan fingerprint density at radius 2 is 1.60 bits per heavy atom. The summed E-state index contributed by atoms with van der Waals surface area (Å²) in [6.07, 6.45) is -0.431. The summed E-state index contributed by atoms with van der Waals surface area (Å²) in [5, 5.41) is 2.66. The number of carbonyl (C=O) groups is 1. The average molecular weight is 393 g/mol. The highest BCUT2D eigenvalue weighted by molar-refractivity contribution is 7.17. The highest BCUT2D eigenvalue weighted by Gasteiger charge is 2.28. The van der Waals surface area contributed by atoms with Crippen molar-refractivity contribution < 1.29 is 31.5 Å². The Balaban J connectivity index is 1.89. The molecule has 0 saturated carbocycles. The van der Waals surface area contributed by atoms with Crippen LogP contribution < -0.4 is 4.74 Å². The fourth-order valence-corrected chi connectivity index (χ4v) is 3.29. The molecule has 0 N–H and O–H groups in total. The maximum atomic E-state index is 13.5. The van der Waals surface area contributed by atoms with E-state index in [1.807, 2.05) is 0 Å². The fraction of sp³-hybridized carbons (Fsp3) is 0.0625. The monoisotopic (exact) mass is 392 g/mol. The number of hydrogen-bond donors (Lipinski definition) is 0. The Bertz CT molecular complexity index is 973. The molecule has 1 aromatic heterocycles. The van der Waals surface area contributed by atoms with Crippen molar-refractivity contribution >= 4 is 39.0 Å². The van der Waals surface area contributed by atoms with Crippen molar-refractivity contribution in [3.63, 3.8) is 0 Å².